The fourth-order valence-corrected chi connectivity index (χ4v) is 6.82. The van der Waals surface area contributed by atoms with Gasteiger partial charge in [-0.05, 0) is 56.0 Å². The van der Waals surface area contributed by atoms with E-state index in [0.29, 0.717) is 22.6 Å². The fraction of sp³-hybridized carbons (Fsp3) is 0.558. The second-order valence-corrected chi connectivity index (χ2v) is 16.2. The number of likely N-dealkylation sites (N-methyl/N-ethyl adjacent to an activating group) is 1. The van der Waals surface area contributed by atoms with Gasteiger partial charge in [0.2, 0.25) is 17.7 Å². The third-order valence-electron chi connectivity index (χ3n) is 10.5. The van der Waals surface area contributed by atoms with E-state index in [1.807, 2.05) is 52.8 Å². The van der Waals surface area contributed by atoms with Crippen molar-refractivity contribution in [3.8, 4) is 0 Å². The number of nitrogens with zero attached hydrogens (tertiary/aromatic N) is 2. The molecule has 1 fully saturated rings. The average Bonchev–Trinajstić information content (AvgIpc) is 3.13. The SMILES string of the molecule is COC(=O)[C@H](Cc1ccc(C(=O)c2ccccc2)cc1)NC(=O)C(C)=C[C@H](C(C)C)N(C)C(=O)[C@@H](NC(=O)[C@H]1CCCCN1C(C)C(C)C)C(C)(C)C. The van der Waals surface area contributed by atoms with Gasteiger partial charge in [-0.1, -0.05) is 116 Å². The lowest BCUT2D eigenvalue weighted by Crippen LogP contribution is -2.61. The van der Waals surface area contributed by atoms with E-state index in [1.165, 1.54) is 7.11 Å². The first-order valence-electron chi connectivity index (χ1n) is 19.0. The van der Waals surface area contributed by atoms with Crippen LogP contribution in [0.5, 0.6) is 0 Å². The molecule has 10 nitrogen and oxygen atoms in total. The molecular weight excluding hydrogens is 668 g/mol. The second-order valence-electron chi connectivity index (χ2n) is 16.2. The van der Waals surface area contributed by atoms with Gasteiger partial charge in [-0.15, -0.1) is 0 Å². The third-order valence-corrected chi connectivity index (χ3v) is 10.5. The van der Waals surface area contributed by atoms with Gasteiger partial charge in [0.15, 0.2) is 5.78 Å². The number of amides is 3. The Morgan fingerprint density at radius 3 is 2.04 bits per heavy atom. The van der Waals surface area contributed by atoms with Crippen LogP contribution in [0, 0.1) is 17.3 Å². The van der Waals surface area contributed by atoms with Crippen LogP contribution >= 0.6 is 0 Å². The zero-order valence-corrected chi connectivity index (χ0v) is 33.7. The van der Waals surface area contributed by atoms with E-state index in [-0.39, 0.29) is 42.0 Å². The number of methoxy groups -OCH3 is 1. The van der Waals surface area contributed by atoms with Crippen molar-refractivity contribution in [3.63, 3.8) is 0 Å². The number of piperidine rings is 1. The Bertz CT molecular complexity index is 1590. The Morgan fingerprint density at radius 1 is 0.887 bits per heavy atom. The van der Waals surface area contributed by atoms with Gasteiger partial charge >= 0.3 is 5.97 Å². The molecule has 10 heteroatoms. The predicted molar refractivity (Wildman–Crippen MR) is 209 cm³/mol. The van der Waals surface area contributed by atoms with Crippen molar-refractivity contribution >= 4 is 29.5 Å². The Labute approximate surface area is 317 Å². The standard InChI is InChI=1S/C43H62N4O6/c1-27(2)30(6)47-24-16-15-19-35(47)40(50)45-38(43(7,8)9)41(51)46(10)36(28(3)4)25-29(5)39(49)44-34(42(52)53-11)26-31-20-22-33(23-21-31)37(48)32-17-13-12-14-18-32/h12-14,17-18,20-23,25,27-28,30,34-36,38H,15-16,19,24,26H2,1-11H3,(H,44,49)(H,45,50)/t30?,34-,35+,36+,38+/m0/s1. The molecule has 5 atom stereocenters. The van der Waals surface area contributed by atoms with Crippen molar-refractivity contribution in [3.05, 3.63) is 82.9 Å². The number of rotatable bonds is 15. The Hall–Kier alpha value is -4.31. The minimum absolute atomic E-state index is 0.0720. The molecule has 0 aliphatic carbocycles. The summed E-state index contributed by atoms with van der Waals surface area (Å²) in [5.41, 5.74) is 1.58. The molecule has 290 valence electrons. The van der Waals surface area contributed by atoms with E-state index in [0.717, 1.165) is 31.4 Å². The zero-order chi connectivity index (χ0) is 39.6. The number of nitrogens with one attached hydrogen (secondary N) is 2. The fourth-order valence-electron chi connectivity index (χ4n) is 6.82. The first-order valence-corrected chi connectivity index (χ1v) is 19.0. The molecule has 0 saturated carbocycles. The maximum Gasteiger partial charge on any atom is 0.328 e. The van der Waals surface area contributed by atoms with Gasteiger partial charge in [0.1, 0.15) is 12.1 Å². The molecule has 2 aromatic rings. The first-order chi connectivity index (χ1) is 24.9. The summed E-state index contributed by atoms with van der Waals surface area (Å²) in [4.78, 5) is 71.3. The molecule has 53 heavy (non-hydrogen) atoms. The van der Waals surface area contributed by atoms with Gasteiger partial charge < -0.3 is 20.3 Å². The number of carbonyl (C=O) groups excluding carboxylic acids is 5. The number of likely N-dealkylation sites (tertiary alicyclic amines) is 1. The molecule has 1 aliphatic rings. The number of ketones is 1. The smallest absolute Gasteiger partial charge is 0.328 e. The van der Waals surface area contributed by atoms with Crippen molar-refractivity contribution in [1.29, 1.82) is 0 Å². The molecule has 3 rings (SSSR count). The predicted octanol–water partition coefficient (Wildman–Crippen LogP) is 5.98. The topological polar surface area (TPSA) is 125 Å². The quantitative estimate of drug-likeness (QED) is 0.131. The lowest BCUT2D eigenvalue weighted by atomic mass is 9.84. The number of hydrogen-bond acceptors (Lipinski definition) is 7. The van der Waals surface area contributed by atoms with Crippen LogP contribution in [0.15, 0.2) is 66.2 Å². The van der Waals surface area contributed by atoms with Crippen LogP contribution in [0.3, 0.4) is 0 Å². The zero-order valence-electron chi connectivity index (χ0n) is 33.7. The summed E-state index contributed by atoms with van der Waals surface area (Å²) < 4.78 is 5.02. The Balaban J connectivity index is 1.77. The van der Waals surface area contributed by atoms with Gasteiger partial charge in [-0.25, -0.2) is 4.79 Å². The highest BCUT2D eigenvalue weighted by Gasteiger charge is 2.40. The van der Waals surface area contributed by atoms with E-state index in [2.05, 4.69) is 36.3 Å². The first kappa shape index (κ1) is 43.1. The summed E-state index contributed by atoms with van der Waals surface area (Å²) in [5, 5.41) is 5.95. The molecule has 2 aromatic carbocycles. The molecule has 1 unspecified atom stereocenters. The van der Waals surface area contributed by atoms with Crippen molar-refractivity contribution in [1.82, 2.24) is 20.4 Å². The molecule has 0 bridgehead atoms. The lowest BCUT2D eigenvalue weighted by molar-refractivity contribution is -0.144. The summed E-state index contributed by atoms with van der Waals surface area (Å²) in [7, 11) is 2.97. The van der Waals surface area contributed by atoms with E-state index >= 15 is 0 Å². The Morgan fingerprint density at radius 2 is 1.49 bits per heavy atom. The third kappa shape index (κ3) is 11.6. The summed E-state index contributed by atoms with van der Waals surface area (Å²) in [6.07, 6.45) is 4.66. The van der Waals surface area contributed by atoms with Gasteiger partial charge in [0, 0.05) is 36.2 Å². The largest absolute Gasteiger partial charge is 0.467 e. The van der Waals surface area contributed by atoms with Gasteiger partial charge in [-0.3, -0.25) is 24.1 Å². The highest BCUT2D eigenvalue weighted by atomic mass is 16.5. The molecule has 1 saturated heterocycles. The van der Waals surface area contributed by atoms with E-state index in [9.17, 15) is 24.0 Å². The minimum atomic E-state index is -0.985. The number of hydrogen-bond donors (Lipinski definition) is 2. The van der Waals surface area contributed by atoms with Crippen LogP contribution in [0.25, 0.3) is 0 Å². The van der Waals surface area contributed by atoms with Crippen LogP contribution in [0.2, 0.25) is 0 Å². The lowest BCUT2D eigenvalue weighted by Gasteiger charge is -2.42. The van der Waals surface area contributed by atoms with E-state index in [1.54, 1.807) is 61.3 Å². The maximum atomic E-state index is 14.3. The molecular formula is C43H62N4O6. The van der Waals surface area contributed by atoms with Gasteiger partial charge in [-0.2, -0.15) is 0 Å². The van der Waals surface area contributed by atoms with Gasteiger partial charge in [0.25, 0.3) is 0 Å². The van der Waals surface area contributed by atoms with Crippen LogP contribution in [-0.2, 0) is 30.3 Å². The second kappa shape index (κ2) is 19.1. The van der Waals surface area contributed by atoms with E-state index < -0.39 is 35.4 Å². The number of ether oxygens (including phenoxy) is 1. The van der Waals surface area contributed by atoms with Crippen LogP contribution in [0.1, 0.15) is 103 Å². The molecule has 3 amide bonds. The monoisotopic (exact) mass is 730 g/mol. The minimum Gasteiger partial charge on any atom is -0.467 e. The van der Waals surface area contributed by atoms with Crippen LogP contribution in [-0.4, -0.2) is 90.2 Å². The molecule has 0 spiro atoms. The van der Waals surface area contributed by atoms with Gasteiger partial charge in [0.05, 0.1) is 19.2 Å². The highest BCUT2D eigenvalue weighted by Crippen LogP contribution is 2.27. The van der Waals surface area contributed by atoms with Crippen molar-refractivity contribution in [2.45, 2.75) is 118 Å². The average molecular weight is 731 g/mol. The van der Waals surface area contributed by atoms with Crippen molar-refractivity contribution < 1.29 is 28.7 Å². The number of carbonyl (C=O) groups is 5. The van der Waals surface area contributed by atoms with Crippen LogP contribution in [0.4, 0.5) is 0 Å². The molecule has 1 heterocycles. The van der Waals surface area contributed by atoms with Crippen LogP contribution < -0.4 is 10.6 Å². The molecule has 1 aliphatic heterocycles. The normalized spacial score (nSPS) is 17.8. The van der Waals surface area contributed by atoms with E-state index in [4.69, 9.17) is 4.74 Å². The number of esters is 1. The van der Waals surface area contributed by atoms with Crippen molar-refractivity contribution in [2.24, 2.45) is 17.3 Å². The summed E-state index contributed by atoms with van der Waals surface area (Å²) >= 11 is 0. The summed E-state index contributed by atoms with van der Waals surface area (Å²) in [6, 6.07) is 13.6. The number of benzene rings is 2. The molecule has 2 N–H and O–H groups in total. The molecule has 0 aromatic heterocycles. The van der Waals surface area contributed by atoms with Crippen molar-refractivity contribution in [2.75, 3.05) is 20.7 Å². The summed E-state index contributed by atoms with van der Waals surface area (Å²) in [6.45, 7) is 18.8. The Kier molecular flexibility index (Phi) is 15.6. The maximum absolute atomic E-state index is 14.3. The summed E-state index contributed by atoms with van der Waals surface area (Å²) in [5.74, 6) is -1.24. The molecule has 0 radical (unpaired) electrons. The highest BCUT2D eigenvalue weighted by molar-refractivity contribution is 6.09.